The number of aryl methyl sites for hydroxylation is 2. The SMILES string of the molecule is COc1cc(C)c(C2C(C#N)=C(N)SC(N)=C2C#N)cc1C. The van der Waals surface area contributed by atoms with Crippen LogP contribution < -0.4 is 16.2 Å². The van der Waals surface area contributed by atoms with Crippen molar-refractivity contribution >= 4 is 11.8 Å². The molecule has 0 saturated carbocycles. The van der Waals surface area contributed by atoms with E-state index >= 15 is 0 Å². The fourth-order valence-corrected chi connectivity index (χ4v) is 3.33. The highest BCUT2D eigenvalue weighted by Gasteiger charge is 2.32. The molecule has 1 heterocycles. The number of nitrogens with two attached hydrogens (primary N) is 2. The minimum absolute atomic E-state index is 0.344. The number of ether oxygens (including phenoxy) is 1. The van der Waals surface area contributed by atoms with E-state index in [0.29, 0.717) is 21.2 Å². The van der Waals surface area contributed by atoms with Crippen LogP contribution in [0.1, 0.15) is 22.6 Å². The second-order valence-electron chi connectivity index (χ2n) is 4.99. The van der Waals surface area contributed by atoms with E-state index in [0.717, 1.165) is 34.2 Å². The molecule has 1 aromatic rings. The van der Waals surface area contributed by atoms with Gasteiger partial charge in [-0.3, -0.25) is 0 Å². The van der Waals surface area contributed by atoms with Gasteiger partial charge in [-0.15, -0.1) is 0 Å². The molecule has 0 aliphatic carbocycles. The quantitative estimate of drug-likeness (QED) is 0.868. The summed E-state index contributed by atoms with van der Waals surface area (Å²) in [5, 5.41) is 19.6. The average molecular weight is 312 g/mol. The molecule has 1 aromatic carbocycles. The summed E-state index contributed by atoms with van der Waals surface area (Å²) in [6.45, 7) is 3.83. The Hall–Kier alpha value is -2.57. The summed E-state index contributed by atoms with van der Waals surface area (Å²) < 4.78 is 5.31. The van der Waals surface area contributed by atoms with Crippen molar-refractivity contribution in [2.24, 2.45) is 11.5 Å². The number of allylic oxidation sites excluding steroid dienone is 2. The van der Waals surface area contributed by atoms with Gasteiger partial charge in [-0.2, -0.15) is 10.5 Å². The summed E-state index contributed by atoms with van der Waals surface area (Å²) >= 11 is 1.07. The van der Waals surface area contributed by atoms with Crippen molar-refractivity contribution in [3.8, 4) is 17.9 Å². The first kappa shape index (κ1) is 15.8. The maximum atomic E-state index is 9.45. The maximum Gasteiger partial charge on any atom is 0.122 e. The second-order valence-corrected chi connectivity index (χ2v) is 6.08. The van der Waals surface area contributed by atoms with Crippen molar-refractivity contribution < 1.29 is 4.74 Å². The maximum absolute atomic E-state index is 9.45. The molecule has 2 rings (SSSR count). The van der Waals surface area contributed by atoms with Crippen LogP contribution in [0.4, 0.5) is 0 Å². The summed E-state index contributed by atoms with van der Waals surface area (Å²) in [6, 6.07) is 8.06. The van der Waals surface area contributed by atoms with Crippen LogP contribution in [0.15, 0.2) is 33.3 Å². The Labute approximate surface area is 133 Å². The molecule has 0 unspecified atom stereocenters. The summed E-state index contributed by atoms with van der Waals surface area (Å²) in [5.41, 5.74) is 15.3. The van der Waals surface area contributed by atoms with Gasteiger partial charge in [0.25, 0.3) is 0 Å². The molecule has 22 heavy (non-hydrogen) atoms. The lowest BCUT2D eigenvalue weighted by molar-refractivity contribution is 0.411. The number of thioether (sulfide) groups is 1. The van der Waals surface area contributed by atoms with Crippen LogP contribution in [0.2, 0.25) is 0 Å². The molecule has 0 amide bonds. The zero-order chi connectivity index (χ0) is 16.4. The van der Waals surface area contributed by atoms with Crippen LogP contribution in [0.25, 0.3) is 0 Å². The third-order valence-corrected chi connectivity index (χ3v) is 4.54. The molecule has 0 saturated heterocycles. The van der Waals surface area contributed by atoms with Gasteiger partial charge in [0.05, 0.1) is 46.4 Å². The van der Waals surface area contributed by atoms with E-state index in [4.69, 9.17) is 16.2 Å². The van der Waals surface area contributed by atoms with Crippen molar-refractivity contribution in [3.05, 3.63) is 50.0 Å². The molecule has 0 atom stereocenters. The molecule has 1 aliphatic heterocycles. The van der Waals surface area contributed by atoms with Gasteiger partial charge in [-0.05, 0) is 36.6 Å². The first-order chi connectivity index (χ1) is 10.4. The lowest BCUT2D eigenvalue weighted by Crippen LogP contribution is -2.19. The largest absolute Gasteiger partial charge is 0.496 e. The number of nitrogens with zero attached hydrogens (tertiary/aromatic N) is 2. The molecule has 5 nitrogen and oxygen atoms in total. The van der Waals surface area contributed by atoms with Crippen LogP contribution in [0.3, 0.4) is 0 Å². The van der Waals surface area contributed by atoms with Crippen LogP contribution >= 0.6 is 11.8 Å². The first-order valence-electron chi connectivity index (χ1n) is 6.57. The Bertz CT molecular complexity index is 745. The highest BCUT2D eigenvalue weighted by Crippen LogP contribution is 2.44. The molecule has 1 aliphatic rings. The molecule has 4 N–H and O–H groups in total. The van der Waals surface area contributed by atoms with E-state index in [9.17, 15) is 10.5 Å². The second kappa shape index (κ2) is 6.05. The minimum atomic E-state index is -0.527. The van der Waals surface area contributed by atoms with Crippen LogP contribution in [0.5, 0.6) is 5.75 Å². The fraction of sp³-hybridized carbons (Fsp3) is 0.250. The lowest BCUT2D eigenvalue weighted by Gasteiger charge is -2.25. The van der Waals surface area contributed by atoms with Crippen LogP contribution in [-0.4, -0.2) is 7.11 Å². The Balaban J connectivity index is 2.72. The number of rotatable bonds is 2. The van der Waals surface area contributed by atoms with Gasteiger partial charge in [0.1, 0.15) is 5.75 Å². The van der Waals surface area contributed by atoms with E-state index < -0.39 is 5.92 Å². The van der Waals surface area contributed by atoms with Crippen molar-refractivity contribution in [1.82, 2.24) is 0 Å². The Kier molecular flexibility index (Phi) is 4.35. The molecule has 112 valence electrons. The lowest BCUT2D eigenvalue weighted by atomic mass is 9.82. The molecular formula is C16H16N4OS. The normalized spacial score (nSPS) is 15.5. The predicted octanol–water partition coefficient (Wildman–Crippen LogP) is 2.53. The third kappa shape index (κ3) is 2.49. The van der Waals surface area contributed by atoms with Crippen LogP contribution in [0, 0.1) is 36.5 Å². The predicted molar refractivity (Wildman–Crippen MR) is 86.5 cm³/mol. The summed E-state index contributed by atoms with van der Waals surface area (Å²) in [4.78, 5) is 0. The van der Waals surface area contributed by atoms with Gasteiger partial charge in [-0.1, -0.05) is 17.8 Å². The van der Waals surface area contributed by atoms with E-state index in [2.05, 4.69) is 12.1 Å². The van der Waals surface area contributed by atoms with Crippen molar-refractivity contribution in [2.45, 2.75) is 19.8 Å². The summed E-state index contributed by atoms with van der Waals surface area (Å²) in [6.07, 6.45) is 0. The molecule has 6 heteroatoms. The van der Waals surface area contributed by atoms with E-state index in [1.54, 1.807) is 7.11 Å². The molecule has 0 fully saturated rings. The topological polar surface area (TPSA) is 109 Å². The Morgan fingerprint density at radius 1 is 1.05 bits per heavy atom. The third-order valence-electron chi connectivity index (χ3n) is 3.66. The number of nitriles is 2. The number of hydrogen-bond acceptors (Lipinski definition) is 6. The van der Waals surface area contributed by atoms with Gasteiger partial charge in [-0.25, -0.2) is 0 Å². The van der Waals surface area contributed by atoms with Crippen molar-refractivity contribution in [2.75, 3.05) is 7.11 Å². The van der Waals surface area contributed by atoms with Gasteiger partial charge < -0.3 is 16.2 Å². The average Bonchev–Trinajstić information content (AvgIpc) is 2.48. The molecule has 0 radical (unpaired) electrons. The number of hydrogen-bond donors (Lipinski definition) is 2. The Morgan fingerprint density at radius 2 is 1.59 bits per heavy atom. The van der Waals surface area contributed by atoms with Gasteiger partial charge >= 0.3 is 0 Å². The summed E-state index contributed by atoms with van der Waals surface area (Å²) in [7, 11) is 1.61. The summed E-state index contributed by atoms with van der Waals surface area (Å²) in [5.74, 6) is 0.234. The van der Waals surface area contributed by atoms with E-state index in [1.807, 2.05) is 26.0 Å². The monoisotopic (exact) mass is 312 g/mol. The van der Waals surface area contributed by atoms with Gasteiger partial charge in [0.15, 0.2) is 0 Å². The first-order valence-corrected chi connectivity index (χ1v) is 7.38. The zero-order valence-electron chi connectivity index (χ0n) is 12.6. The molecule has 0 spiro atoms. The number of benzene rings is 1. The molecule has 0 aromatic heterocycles. The highest BCUT2D eigenvalue weighted by molar-refractivity contribution is 8.06. The zero-order valence-corrected chi connectivity index (χ0v) is 13.4. The molecular weight excluding hydrogens is 296 g/mol. The minimum Gasteiger partial charge on any atom is -0.496 e. The van der Waals surface area contributed by atoms with Gasteiger partial charge in [0, 0.05) is 0 Å². The number of methoxy groups -OCH3 is 1. The van der Waals surface area contributed by atoms with Crippen molar-refractivity contribution in [3.63, 3.8) is 0 Å². The standard InChI is InChI=1S/C16H16N4OS/c1-8-5-13(21-3)9(2)4-10(8)14-11(6-17)15(19)22-16(20)12(14)7-18/h4-5,14H,19-20H2,1-3H3. The van der Waals surface area contributed by atoms with E-state index in [1.165, 1.54) is 0 Å². The molecule has 0 bridgehead atoms. The van der Waals surface area contributed by atoms with Crippen molar-refractivity contribution in [1.29, 1.82) is 10.5 Å². The highest BCUT2D eigenvalue weighted by atomic mass is 32.2. The van der Waals surface area contributed by atoms with Crippen LogP contribution in [-0.2, 0) is 0 Å². The van der Waals surface area contributed by atoms with Gasteiger partial charge in [0.2, 0.25) is 0 Å². The van der Waals surface area contributed by atoms with E-state index in [-0.39, 0.29) is 0 Å². The Morgan fingerprint density at radius 3 is 2.05 bits per heavy atom. The smallest absolute Gasteiger partial charge is 0.122 e. The fourth-order valence-electron chi connectivity index (χ4n) is 2.55.